The number of rotatable bonds is 25. The highest BCUT2D eigenvalue weighted by Crippen LogP contribution is 2.06. The number of ketones is 1. The van der Waals surface area contributed by atoms with Crippen molar-refractivity contribution in [2.24, 2.45) is 5.92 Å². The molecule has 0 unspecified atom stereocenters. The van der Waals surface area contributed by atoms with Crippen LogP contribution in [0.5, 0.6) is 0 Å². The van der Waals surface area contributed by atoms with Crippen molar-refractivity contribution in [3.8, 4) is 0 Å². The highest BCUT2D eigenvalue weighted by Gasteiger charge is 2.22. The molecule has 0 aromatic carbocycles. The van der Waals surface area contributed by atoms with Gasteiger partial charge in [0.1, 0.15) is 19.3 Å². The summed E-state index contributed by atoms with van der Waals surface area (Å²) in [4.78, 5) is 68.2. The largest absolute Gasteiger partial charge is 0.481 e. The predicted molar refractivity (Wildman–Crippen MR) is 135 cm³/mol. The number of carbonyl (C=O) groups is 6. The van der Waals surface area contributed by atoms with Crippen molar-refractivity contribution in [1.82, 2.24) is 16.0 Å². The van der Waals surface area contributed by atoms with Crippen LogP contribution in [-0.4, -0.2) is 118 Å². The number of carboxylic acids is 2. The second-order valence-corrected chi connectivity index (χ2v) is 8.51. The molecule has 0 aliphatic heterocycles. The number of ether oxygens (including phenoxy) is 4. The Kier molecular flexibility index (Phi) is 21.0. The maximum absolute atomic E-state index is 11.9. The Hall–Kier alpha value is -3.14. The molecule has 0 fully saturated rings. The summed E-state index contributed by atoms with van der Waals surface area (Å²) in [6.07, 6.45) is -0.325. The molecule has 0 spiro atoms. The molecule has 0 rings (SSSR count). The van der Waals surface area contributed by atoms with Crippen molar-refractivity contribution in [3.05, 3.63) is 0 Å². The normalized spacial score (nSPS) is 12.3. The number of carbonyl (C=O) groups excluding carboxylic acids is 4. The molecule has 0 aromatic heterocycles. The third-order valence-electron chi connectivity index (χ3n) is 4.94. The van der Waals surface area contributed by atoms with Crippen LogP contribution in [0.4, 0.5) is 0 Å². The molecule has 0 saturated heterocycles. The number of carboxylic acid groups (broad SMARTS) is 2. The van der Waals surface area contributed by atoms with E-state index in [0.29, 0.717) is 26.4 Å². The van der Waals surface area contributed by atoms with Crippen LogP contribution in [0.25, 0.3) is 0 Å². The van der Waals surface area contributed by atoms with Crippen molar-refractivity contribution in [2.75, 3.05) is 65.9 Å². The molecule has 0 aliphatic rings. The summed E-state index contributed by atoms with van der Waals surface area (Å²) in [5.74, 6) is -4.46. The molecule has 3 amide bonds. The predicted octanol–water partition coefficient (Wildman–Crippen LogP) is -1.28. The maximum Gasteiger partial charge on any atom is 0.326 e. The van der Waals surface area contributed by atoms with Gasteiger partial charge in [-0.3, -0.25) is 24.0 Å². The van der Waals surface area contributed by atoms with Crippen molar-refractivity contribution in [2.45, 2.75) is 45.6 Å². The zero-order valence-corrected chi connectivity index (χ0v) is 22.5. The summed E-state index contributed by atoms with van der Waals surface area (Å²) in [6.45, 7) is 4.69. The molecule has 15 nitrogen and oxygen atoms in total. The fourth-order valence-electron chi connectivity index (χ4n) is 2.76. The second kappa shape index (κ2) is 22.8. The molecule has 15 heteroatoms. The van der Waals surface area contributed by atoms with Crippen LogP contribution in [0, 0.1) is 5.92 Å². The van der Waals surface area contributed by atoms with E-state index < -0.39 is 35.7 Å². The van der Waals surface area contributed by atoms with Crippen LogP contribution in [0.3, 0.4) is 0 Å². The first-order valence-electron chi connectivity index (χ1n) is 12.6. The Balaban J connectivity index is 3.74. The highest BCUT2D eigenvalue weighted by molar-refractivity contribution is 5.84. The van der Waals surface area contributed by atoms with Crippen molar-refractivity contribution >= 4 is 35.4 Å². The van der Waals surface area contributed by atoms with Gasteiger partial charge in [0.05, 0.1) is 45.6 Å². The molecule has 2 atom stereocenters. The Labute approximate surface area is 227 Å². The number of hydrogen-bond acceptors (Lipinski definition) is 10. The van der Waals surface area contributed by atoms with Crippen LogP contribution in [0.2, 0.25) is 0 Å². The minimum Gasteiger partial charge on any atom is -0.481 e. The monoisotopic (exact) mass is 563 g/mol. The lowest BCUT2D eigenvalue weighted by Gasteiger charge is -2.15. The van der Waals surface area contributed by atoms with Gasteiger partial charge in [-0.25, -0.2) is 4.79 Å². The minimum atomic E-state index is -1.29. The summed E-state index contributed by atoms with van der Waals surface area (Å²) in [7, 11) is 0. The van der Waals surface area contributed by atoms with Crippen molar-refractivity contribution < 1.29 is 57.9 Å². The number of nitrogens with one attached hydrogen (secondary N) is 3. The fraction of sp³-hybridized carbons (Fsp3) is 0.750. The first kappa shape index (κ1) is 35.9. The van der Waals surface area contributed by atoms with Gasteiger partial charge in [0, 0.05) is 25.9 Å². The van der Waals surface area contributed by atoms with E-state index in [0.717, 1.165) is 0 Å². The molecular weight excluding hydrogens is 522 g/mol. The zero-order chi connectivity index (χ0) is 29.5. The van der Waals surface area contributed by atoms with E-state index in [-0.39, 0.29) is 77.0 Å². The van der Waals surface area contributed by atoms with Crippen LogP contribution in [0.15, 0.2) is 0 Å². The van der Waals surface area contributed by atoms with E-state index in [1.165, 1.54) is 13.8 Å². The molecule has 0 radical (unpaired) electrons. The molecule has 0 heterocycles. The van der Waals surface area contributed by atoms with E-state index in [9.17, 15) is 33.9 Å². The lowest BCUT2D eigenvalue weighted by molar-refractivity contribution is -0.143. The quantitative estimate of drug-likeness (QED) is 0.0821. The Bertz CT molecular complexity index is 777. The summed E-state index contributed by atoms with van der Waals surface area (Å²) in [5, 5.41) is 25.5. The molecule has 5 N–H and O–H groups in total. The third kappa shape index (κ3) is 22.5. The van der Waals surface area contributed by atoms with Gasteiger partial charge in [0.15, 0.2) is 5.78 Å². The topological polar surface area (TPSA) is 216 Å². The van der Waals surface area contributed by atoms with Crippen LogP contribution in [0.1, 0.15) is 39.5 Å². The van der Waals surface area contributed by atoms with Gasteiger partial charge in [-0.15, -0.1) is 0 Å². The van der Waals surface area contributed by atoms with Gasteiger partial charge < -0.3 is 45.1 Å². The van der Waals surface area contributed by atoms with Crippen LogP contribution >= 0.6 is 0 Å². The Morgan fingerprint density at radius 3 is 1.69 bits per heavy atom. The van der Waals surface area contributed by atoms with Gasteiger partial charge in [0.25, 0.3) is 0 Å². The average molecular weight is 564 g/mol. The summed E-state index contributed by atoms with van der Waals surface area (Å²) >= 11 is 0. The maximum atomic E-state index is 11.9. The van der Waals surface area contributed by atoms with E-state index in [4.69, 9.17) is 24.1 Å². The van der Waals surface area contributed by atoms with Gasteiger partial charge in [0.2, 0.25) is 17.7 Å². The molecule has 39 heavy (non-hydrogen) atoms. The summed E-state index contributed by atoms with van der Waals surface area (Å²) < 4.78 is 20.7. The van der Waals surface area contributed by atoms with E-state index in [1.807, 2.05) is 0 Å². The number of hydrogen-bond donors (Lipinski definition) is 5. The lowest BCUT2D eigenvalue weighted by atomic mass is 10.1. The van der Waals surface area contributed by atoms with Crippen molar-refractivity contribution in [3.63, 3.8) is 0 Å². The van der Waals surface area contributed by atoms with Crippen LogP contribution < -0.4 is 16.0 Å². The van der Waals surface area contributed by atoms with Gasteiger partial charge in [-0.05, 0) is 19.8 Å². The first-order valence-corrected chi connectivity index (χ1v) is 12.6. The van der Waals surface area contributed by atoms with Gasteiger partial charge in [-0.1, -0.05) is 6.92 Å². The highest BCUT2D eigenvalue weighted by atomic mass is 16.5. The first-order chi connectivity index (χ1) is 18.5. The molecule has 0 aromatic rings. The average Bonchev–Trinajstić information content (AvgIpc) is 2.87. The minimum absolute atomic E-state index is 0.0488. The lowest BCUT2D eigenvalue weighted by Crippen LogP contribution is -2.42. The molecule has 0 aliphatic carbocycles. The number of amides is 3. The van der Waals surface area contributed by atoms with E-state index in [2.05, 4.69) is 16.0 Å². The molecular formula is C24H41N3O12. The standard InChI is InChI=1S/C24H41N3O12/c1-17(23(32)33)3-5-21(30)27-19(24(34)35)4-6-20(29)25-7-9-36-12-14-39-16-22(31)26-8-10-37-11-13-38-15-18(2)28/h17,19H,3-16H2,1-2H3,(H,25,29)(H,26,31)(H,27,30)(H,32,33)(H,34,35)/t17-,19-/m1/s1. The Morgan fingerprint density at radius 1 is 0.641 bits per heavy atom. The SMILES string of the molecule is CC(=O)COCCOCCNC(=O)COCCOCCNC(=O)CC[C@@H](NC(=O)CC[C@@H](C)C(=O)O)C(=O)O. The fourth-order valence-corrected chi connectivity index (χ4v) is 2.76. The van der Waals surface area contributed by atoms with E-state index >= 15 is 0 Å². The zero-order valence-electron chi connectivity index (χ0n) is 22.5. The summed E-state index contributed by atoms with van der Waals surface area (Å²) in [6, 6.07) is -1.26. The number of aliphatic carboxylic acids is 2. The molecule has 224 valence electrons. The van der Waals surface area contributed by atoms with Gasteiger partial charge >= 0.3 is 11.9 Å². The van der Waals surface area contributed by atoms with E-state index in [1.54, 1.807) is 0 Å². The second-order valence-electron chi connectivity index (χ2n) is 8.51. The van der Waals surface area contributed by atoms with Crippen molar-refractivity contribution in [1.29, 1.82) is 0 Å². The number of Topliss-reactive ketones (excluding diaryl/α,β-unsaturated/α-hetero) is 1. The Morgan fingerprint density at radius 2 is 1.15 bits per heavy atom. The third-order valence-corrected chi connectivity index (χ3v) is 4.94. The summed E-state index contributed by atoms with van der Waals surface area (Å²) in [5.41, 5.74) is 0. The molecule has 0 bridgehead atoms. The van der Waals surface area contributed by atoms with Gasteiger partial charge in [-0.2, -0.15) is 0 Å². The smallest absolute Gasteiger partial charge is 0.326 e. The van der Waals surface area contributed by atoms with Crippen LogP contribution in [-0.2, 0) is 47.7 Å². The molecule has 0 saturated carbocycles.